The van der Waals surface area contributed by atoms with E-state index in [0.717, 1.165) is 24.1 Å². The van der Waals surface area contributed by atoms with E-state index in [9.17, 15) is 4.39 Å². The maximum absolute atomic E-state index is 13.2. The summed E-state index contributed by atoms with van der Waals surface area (Å²) in [5, 5.41) is 4.78. The Morgan fingerprint density at radius 2 is 2.05 bits per heavy atom. The average Bonchev–Trinajstić information content (AvgIpc) is 2.69. The molecule has 1 aromatic carbocycles. The number of aromatic nitrogens is 2. The Hall–Kier alpha value is -0.620. The number of hydrogen-bond acceptors (Lipinski definition) is 1. The minimum absolute atomic E-state index is 0.160. The molecule has 2 nitrogen and oxygen atoms in total. The molecule has 0 bridgehead atoms. The number of rotatable bonds is 4. The summed E-state index contributed by atoms with van der Waals surface area (Å²) in [7, 11) is 0. The first-order chi connectivity index (χ1) is 9.06. The number of benzene rings is 1. The molecule has 2 aromatic rings. The van der Waals surface area contributed by atoms with Crippen molar-refractivity contribution in [2.45, 2.75) is 33.2 Å². The molecule has 0 radical (unpaired) electrons. The number of halogens is 3. The van der Waals surface area contributed by atoms with Crippen molar-refractivity contribution in [2.75, 3.05) is 0 Å². The monoisotopic (exact) mass is 392 g/mol. The fourth-order valence-corrected chi connectivity index (χ4v) is 3.39. The van der Waals surface area contributed by atoms with E-state index in [0.29, 0.717) is 6.54 Å². The van der Waals surface area contributed by atoms with Gasteiger partial charge >= 0.3 is 0 Å². The fraction of sp³-hybridized carbons (Fsp3) is 0.357. The van der Waals surface area contributed by atoms with Crippen LogP contribution in [0.4, 0.5) is 4.39 Å². The van der Waals surface area contributed by atoms with Gasteiger partial charge in [-0.1, -0.05) is 31.5 Å². The maximum atomic E-state index is 13.2. The molecule has 1 aromatic heterocycles. The summed E-state index contributed by atoms with van der Waals surface area (Å²) in [6.45, 7) is 4.84. The third-order valence-corrected chi connectivity index (χ3v) is 4.58. The lowest BCUT2D eigenvalue weighted by Crippen LogP contribution is -2.06. The van der Waals surface area contributed by atoms with E-state index in [1.807, 2.05) is 4.68 Å². The molecule has 19 heavy (non-hydrogen) atoms. The molecule has 0 saturated carbocycles. The molecule has 5 heteroatoms. The molecule has 102 valence electrons. The van der Waals surface area contributed by atoms with Gasteiger partial charge in [0.25, 0.3) is 0 Å². The normalized spacial score (nSPS) is 11.0. The highest BCUT2D eigenvalue weighted by atomic mass is 127. The largest absolute Gasteiger partial charge is 0.264 e. The Balaban J connectivity index is 2.34. The van der Waals surface area contributed by atoms with Gasteiger partial charge in [-0.25, -0.2) is 4.39 Å². The van der Waals surface area contributed by atoms with Gasteiger partial charge in [0.1, 0.15) is 5.82 Å². The van der Waals surface area contributed by atoms with Crippen molar-refractivity contribution in [1.82, 2.24) is 9.78 Å². The minimum atomic E-state index is -0.384. The summed E-state index contributed by atoms with van der Waals surface area (Å²) < 4.78 is 16.4. The van der Waals surface area contributed by atoms with E-state index in [1.54, 1.807) is 12.1 Å². The highest BCUT2D eigenvalue weighted by Crippen LogP contribution is 2.21. The molecule has 0 fully saturated rings. The van der Waals surface area contributed by atoms with E-state index < -0.39 is 0 Å². The summed E-state index contributed by atoms with van der Waals surface area (Å²) in [6, 6.07) is 4.82. The molecular weight excluding hydrogens is 378 g/mol. The second-order valence-electron chi connectivity index (χ2n) is 4.32. The van der Waals surface area contributed by atoms with E-state index in [2.05, 4.69) is 41.5 Å². The lowest BCUT2D eigenvalue weighted by Gasteiger charge is -2.07. The van der Waals surface area contributed by atoms with Crippen molar-refractivity contribution >= 4 is 34.2 Å². The van der Waals surface area contributed by atoms with Crippen molar-refractivity contribution in [1.29, 1.82) is 0 Å². The predicted molar refractivity (Wildman–Crippen MR) is 84.2 cm³/mol. The molecule has 0 amide bonds. The lowest BCUT2D eigenvalue weighted by molar-refractivity contribution is 0.619. The number of hydrogen-bond donors (Lipinski definition) is 0. The van der Waals surface area contributed by atoms with Crippen LogP contribution in [-0.2, 0) is 19.4 Å². The Morgan fingerprint density at radius 3 is 2.63 bits per heavy atom. The summed E-state index contributed by atoms with van der Waals surface area (Å²) in [5.74, 6) is -0.384. The van der Waals surface area contributed by atoms with E-state index in [-0.39, 0.29) is 10.8 Å². The van der Waals surface area contributed by atoms with Crippen LogP contribution in [0.2, 0.25) is 5.02 Å². The lowest BCUT2D eigenvalue weighted by atomic mass is 10.2. The van der Waals surface area contributed by atoms with Gasteiger partial charge in [-0.3, -0.25) is 4.68 Å². The van der Waals surface area contributed by atoms with Crippen LogP contribution in [0, 0.1) is 9.39 Å². The van der Waals surface area contributed by atoms with Gasteiger partial charge in [-0.15, -0.1) is 0 Å². The highest BCUT2D eigenvalue weighted by Gasteiger charge is 2.13. The molecule has 0 N–H and O–H groups in total. The van der Waals surface area contributed by atoms with E-state index in [4.69, 9.17) is 11.6 Å². The third-order valence-electron chi connectivity index (χ3n) is 3.05. The second-order valence-corrected chi connectivity index (χ2v) is 5.81. The molecule has 1 heterocycles. The van der Waals surface area contributed by atoms with Crippen molar-refractivity contribution in [3.05, 3.63) is 49.6 Å². The van der Waals surface area contributed by atoms with Crippen molar-refractivity contribution in [3.63, 3.8) is 0 Å². The van der Waals surface area contributed by atoms with E-state index in [1.165, 1.54) is 15.3 Å². The van der Waals surface area contributed by atoms with Crippen LogP contribution in [-0.4, -0.2) is 9.78 Å². The highest BCUT2D eigenvalue weighted by molar-refractivity contribution is 14.1. The molecule has 0 atom stereocenters. The third kappa shape index (κ3) is 3.11. The zero-order chi connectivity index (χ0) is 14.0. The SMILES string of the molecule is CCc1nn(Cc2ccc(F)c(Cl)c2)c(CC)c1I. The predicted octanol–water partition coefficient (Wildman–Crippen LogP) is 4.45. The first kappa shape index (κ1) is 14.8. The molecule has 0 saturated heterocycles. The first-order valence-electron chi connectivity index (χ1n) is 6.24. The molecule has 0 aliphatic rings. The first-order valence-corrected chi connectivity index (χ1v) is 7.70. The van der Waals surface area contributed by atoms with Crippen LogP contribution in [0.5, 0.6) is 0 Å². The van der Waals surface area contributed by atoms with Crippen LogP contribution < -0.4 is 0 Å². The van der Waals surface area contributed by atoms with Crippen LogP contribution in [0.1, 0.15) is 30.8 Å². The van der Waals surface area contributed by atoms with Crippen LogP contribution in [0.15, 0.2) is 18.2 Å². The Bertz CT molecular complexity index is 595. The van der Waals surface area contributed by atoms with Crippen LogP contribution >= 0.6 is 34.2 Å². The van der Waals surface area contributed by atoms with Crippen LogP contribution in [0.25, 0.3) is 0 Å². The summed E-state index contributed by atoms with van der Waals surface area (Å²) in [4.78, 5) is 0. The standard InChI is InChI=1S/C14H15ClFIN2/c1-3-12-14(17)13(4-2)19(18-12)8-9-5-6-11(16)10(15)7-9/h5-7H,3-4,8H2,1-2H3. The topological polar surface area (TPSA) is 17.8 Å². The number of aryl methyl sites for hydroxylation is 1. The molecule has 0 aliphatic carbocycles. The van der Waals surface area contributed by atoms with Crippen molar-refractivity contribution < 1.29 is 4.39 Å². The quantitative estimate of drug-likeness (QED) is 0.703. The van der Waals surface area contributed by atoms with Gasteiger partial charge in [-0.05, 0) is 53.1 Å². The summed E-state index contributed by atoms with van der Waals surface area (Å²) in [6.07, 6.45) is 1.85. The van der Waals surface area contributed by atoms with Gasteiger partial charge in [0.05, 0.1) is 26.5 Å². The van der Waals surface area contributed by atoms with Gasteiger partial charge in [-0.2, -0.15) is 5.10 Å². The van der Waals surface area contributed by atoms with Crippen LogP contribution in [0.3, 0.4) is 0 Å². The zero-order valence-corrected chi connectivity index (χ0v) is 13.8. The molecule has 0 spiro atoms. The van der Waals surface area contributed by atoms with Gasteiger partial charge < -0.3 is 0 Å². The molecule has 0 unspecified atom stereocenters. The van der Waals surface area contributed by atoms with E-state index >= 15 is 0 Å². The van der Waals surface area contributed by atoms with Gasteiger partial charge in [0, 0.05) is 0 Å². The minimum Gasteiger partial charge on any atom is -0.264 e. The smallest absolute Gasteiger partial charge is 0.141 e. The average molecular weight is 393 g/mol. The molecule has 2 rings (SSSR count). The maximum Gasteiger partial charge on any atom is 0.141 e. The summed E-state index contributed by atoms with van der Waals surface area (Å²) >= 11 is 8.16. The van der Waals surface area contributed by atoms with Gasteiger partial charge in [0.15, 0.2) is 0 Å². The van der Waals surface area contributed by atoms with Crippen molar-refractivity contribution in [2.24, 2.45) is 0 Å². The molecular formula is C14H15ClFIN2. The fourth-order valence-electron chi connectivity index (χ4n) is 2.04. The van der Waals surface area contributed by atoms with Gasteiger partial charge in [0.2, 0.25) is 0 Å². The Kier molecular flexibility index (Phi) is 4.84. The Morgan fingerprint density at radius 1 is 1.32 bits per heavy atom. The second kappa shape index (κ2) is 6.22. The van der Waals surface area contributed by atoms with Crippen molar-refractivity contribution in [3.8, 4) is 0 Å². The zero-order valence-electron chi connectivity index (χ0n) is 10.9. The summed E-state index contributed by atoms with van der Waals surface area (Å²) in [5.41, 5.74) is 3.30. The molecule has 0 aliphatic heterocycles. The number of nitrogens with zero attached hydrogens (tertiary/aromatic N) is 2. The Labute approximate surface area is 131 Å².